The van der Waals surface area contributed by atoms with E-state index in [0.29, 0.717) is 25.7 Å². The van der Waals surface area contributed by atoms with Gasteiger partial charge in [0.2, 0.25) is 0 Å². The average molecular weight is 1270 g/mol. The first kappa shape index (κ1) is 84.1. The molecule has 0 aromatic heterocycles. The molecule has 0 amide bonds. The fourth-order valence-electron chi connectivity index (χ4n) is 10.0. The molecule has 86 heavy (non-hydrogen) atoms. The molecule has 0 aliphatic heterocycles. The van der Waals surface area contributed by atoms with Crippen LogP contribution in [-0.4, -0.2) is 96.7 Å². The number of hydrogen-bond acceptors (Lipinski definition) is 15. The number of esters is 4. The van der Waals surface area contributed by atoms with Crippen molar-refractivity contribution in [2.45, 2.75) is 355 Å². The van der Waals surface area contributed by atoms with Gasteiger partial charge in [0.15, 0.2) is 12.2 Å². The van der Waals surface area contributed by atoms with Crippen molar-refractivity contribution in [3.8, 4) is 0 Å². The Labute approximate surface area is 524 Å². The van der Waals surface area contributed by atoms with Crippen LogP contribution >= 0.6 is 15.6 Å². The van der Waals surface area contributed by atoms with Crippen molar-refractivity contribution in [2.24, 2.45) is 11.8 Å². The first-order valence-corrected chi connectivity index (χ1v) is 38.0. The second-order valence-electron chi connectivity index (χ2n) is 24.9. The van der Waals surface area contributed by atoms with Crippen LogP contribution in [0.4, 0.5) is 0 Å². The Kier molecular flexibility index (Phi) is 58.0. The van der Waals surface area contributed by atoms with Gasteiger partial charge >= 0.3 is 39.5 Å². The van der Waals surface area contributed by atoms with Crippen molar-refractivity contribution in [1.82, 2.24) is 0 Å². The monoisotopic (exact) mass is 1270 g/mol. The minimum Gasteiger partial charge on any atom is -0.462 e. The van der Waals surface area contributed by atoms with Gasteiger partial charge in [0.05, 0.1) is 26.4 Å². The molecule has 19 heteroatoms. The fourth-order valence-corrected chi connectivity index (χ4v) is 11.6. The van der Waals surface area contributed by atoms with Crippen LogP contribution < -0.4 is 0 Å². The van der Waals surface area contributed by atoms with Gasteiger partial charge in [0.25, 0.3) is 0 Å². The van der Waals surface area contributed by atoms with E-state index in [1.54, 1.807) is 0 Å². The maximum Gasteiger partial charge on any atom is 0.472 e. The summed E-state index contributed by atoms with van der Waals surface area (Å²) in [6, 6.07) is 0. The molecule has 0 aromatic carbocycles. The fraction of sp³-hybridized carbons (Fsp3) is 0.940. The smallest absolute Gasteiger partial charge is 0.462 e. The predicted octanol–water partition coefficient (Wildman–Crippen LogP) is 18.8. The highest BCUT2D eigenvalue weighted by atomic mass is 31.2. The number of aliphatic hydroxyl groups excluding tert-OH is 1. The van der Waals surface area contributed by atoms with Crippen LogP contribution in [0.2, 0.25) is 0 Å². The zero-order valence-corrected chi connectivity index (χ0v) is 57.4. The van der Waals surface area contributed by atoms with Crippen LogP contribution in [0.3, 0.4) is 0 Å². The van der Waals surface area contributed by atoms with E-state index in [0.717, 1.165) is 115 Å². The van der Waals surface area contributed by atoms with Gasteiger partial charge in [-0.2, -0.15) is 0 Å². The lowest BCUT2D eigenvalue weighted by atomic mass is 9.99. The second kappa shape index (κ2) is 59.4. The van der Waals surface area contributed by atoms with Crippen LogP contribution in [-0.2, 0) is 65.4 Å². The summed E-state index contributed by atoms with van der Waals surface area (Å²) in [6.07, 6.45) is 43.1. The Bertz CT molecular complexity index is 1690. The molecule has 17 nitrogen and oxygen atoms in total. The van der Waals surface area contributed by atoms with E-state index in [4.69, 9.17) is 37.0 Å². The third-order valence-corrected chi connectivity index (χ3v) is 17.7. The molecular weight excluding hydrogens is 1140 g/mol. The molecule has 0 saturated heterocycles. The van der Waals surface area contributed by atoms with Crippen LogP contribution in [0.15, 0.2) is 0 Å². The molecule has 0 radical (unpaired) electrons. The molecular formula is C67H130O17P2. The van der Waals surface area contributed by atoms with Crippen molar-refractivity contribution in [3.05, 3.63) is 0 Å². The van der Waals surface area contributed by atoms with Gasteiger partial charge in [0, 0.05) is 25.7 Å². The third-order valence-electron chi connectivity index (χ3n) is 15.8. The summed E-state index contributed by atoms with van der Waals surface area (Å²) in [4.78, 5) is 72.2. The SMILES string of the molecule is CCCCCCCCCCC(=O)OC[C@H](COP(=O)(O)OC[C@H](O)COP(=O)(O)OC[C@@H](COC(=O)CCCCCCCCCCC(C)CC)OC(=O)CCCCCCCCCCCCCCCCCC(C)C)OC(=O)CCCCCCCCCC. The Morgan fingerprint density at radius 1 is 0.337 bits per heavy atom. The van der Waals surface area contributed by atoms with Gasteiger partial charge in [-0.3, -0.25) is 37.3 Å². The highest BCUT2D eigenvalue weighted by molar-refractivity contribution is 7.47. The third kappa shape index (κ3) is 59.7. The highest BCUT2D eigenvalue weighted by Crippen LogP contribution is 2.45. The van der Waals surface area contributed by atoms with Gasteiger partial charge in [-0.05, 0) is 37.5 Å². The minimum atomic E-state index is -4.95. The van der Waals surface area contributed by atoms with Gasteiger partial charge in [-0.1, -0.05) is 286 Å². The van der Waals surface area contributed by atoms with E-state index >= 15 is 0 Å². The lowest BCUT2D eigenvalue weighted by molar-refractivity contribution is -0.161. The molecule has 510 valence electrons. The summed E-state index contributed by atoms with van der Waals surface area (Å²) in [6.45, 7) is 9.50. The van der Waals surface area contributed by atoms with Crippen molar-refractivity contribution in [2.75, 3.05) is 39.6 Å². The molecule has 0 aliphatic carbocycles. The number of rotatable bonds is 66. The number of hydrogen-bond donors (Lipinski definition) is 3. The lowest BCUT2D eigenvalue weighted by Crippen LogP contribution is -2.30. The Hall–Kier alpha value is -1.94. The normalized spacial score (nSPS) is 14.5. The van der Waals surface area contributed by atoms with Crippen LogP contribution in [0.25, 0.3) is 0 Å². The van der Waals surface area contributed by atoms with E-state index in [2.05, 4.69) is 41.5 Å². The zero-order valence-electron chi connectivity index (χ0n) is 55.6. The van der Waals surface area contributed by atoms with Crippen molar-refractivity contribution < 1.29 is 80.2 Å². The largest absolute Gasteiger partial charge is 0.472 e. The average Bonchev–Trinajstić information content (AvgIpc) is 3.63. The van der Waals surface area contributed by atoms with E-state index < -0.39 is 97.5 Å². The van der Waals surface area contributed by atoms with Gasteiger partial charge < -0.3 is 33.8 Å². The summed E-state index contributed by atoms with van der Waals surface area (Å²) in [5.41, 5.74) is 0. The van der Waals surface area contributed by atoms with E-state index in [1.807, 2.05) is 0 Å². The van der Waals surface area contributed by atoms with Crippen molar-refractivity contribution >= 4 is 39.5 Å². The summed E-state index contributed by atoms with van der Waals surface area (Å²) < 4.78 is 68.0. The van der Waals surface area contributed by atoms with Gasteiger partial charge in [-0.15, -0.1) is 0 Å². The van der Waals surface area contributed by atoms with E-state index in [9.17, 15) is 43.2 Å². The minimum absolute atomic E-state index is 0.105. The van der Waals surface area contributed by atoms with Gasteiger partial charge in [0.1, 0.15) is 19.3 Å². The molecule has 0 aliphatic rings. The summed E-state index contributed by atoms with van der Waals surface area (Å²) in [5, 5.41) is 10.5. The number of aliphatic hydroxyl groups is 1. The van der Waals surface area contributed by atoms with Crippen molar-refractivity contribution in [1.29, 1.82) is 0 Å². The number of phosphoric ester groups is 2. The number of carbonyl (C=O) groups excluding carboxylic acids is 4. The molecule has 0 heterocycles. The van der Waals surface area contributed by atoms with Gasteiger partial charge in [-0.25, -0.2) is 9.13 Å². The predicted molar refractivity (Wildman–Crippen MR) is 345 cm³/mol. The topological polar surface area (TPSA) is 237 Å². The Balaban J connectivity index is 5.18. The maximum absolute atomic E-state index is 13.0. The summed E-state index contributed by atoms with van der Waals surface area (Å²) in [7, 11) is -9.89. The summed E-state index contributed by atoms with van der Waals surface area (Å²) in [5.74, 6) is -0.554. The number of unbranched alkanes of at least 4 members (excludes halogenated alkanes) is 35. The first-order valence-electron chi connectivity index (χ1n) is 35.0. The molecule has 0 aromatic rings. The first-order chi connectivity index (χ1) is 41.4. The molecule has 0 fully saturated rings. The zero-order chi connectivity index (χ0) is 63.6. The molecule has 3 N–H and O–H groups in total. The number of ether oxygens (including phenoxy) is 4. The van der Waals surface area contributed by atoms with E-state index in [-0.39, 0.29) is 25.7 Å². The molecule has 0 bridgehead atoms. The van der Waals surface area contributed by atoms with Crippen LogP contribution in [0, 0.1) is 11.8 Å². The molecule has 6 atom stereocenters. The molecule has 0 rings (SSSR count). The molecule has 3 unspecified atom stereocenters. The number of phosphoric acid groups is 2. The Morgan fingerprint density at radius 3 is 0.884 bits per heavy atom. The highest BCUT2D eigenvalue weighted by Gasteiger charge is 2.30. The lowest BCUT2D eigenvalue weighted by Gasteiger charge is -2.21. The summed E-state index contributed by atoms with van der Waals surface area (Å²) >= 11 is 0. The molecule has 0 saturated carbocycles. The van der Waals surface area contributed by atoms with Crippen LogP contribution in [0.1, 0.15) is 337 Å². The maximum atomic E-state index is 13.0. The second-order valence-corrected chi connectivity index (χ2v) is 27.8. The van der Waals surface area contributed by atoms with Crippen LogP contribution in [0.5, 0.6) is 0 Å². The standard InChI is InChI=1S/C67H130O17P2/c1-7-10-12-14-16-31-37-43-49-64(69)77-55-62(83-66(71)51-45-39-32-17-15-13-11-8-2)57-81-85(73,74)79-53-61(68)54-80-86(75,76)82-58-63(56-78-65(70)50-44-38-33-28-27-30-36-42-48-60(6)9-3)84-67(72)52-46-40-34-26-24-22-20-18-19-21-23-25-29-35-41-47-59(4)5/h59-63,68H,7-58H2,1-6H3,(H,73,74)(H,75,76)/t60?,61-,62+,63+/m0/s1. The van der Waals surface area contributed by atoms with E-state index in [1.165, 1.54) is 141 Å². The molecule has 0 spiro atoms. The Morgan fingerprint density at radius 2 is 0.593 bits per heavy atom. The number of carbonyl (C=O) groups is 4. The quantitative estimate of drug-likeness (QED) is 0.0222. The van der Waals surface area contributed by atoms with Crippen molar-refractivity contribution in [3.63, 3.8) is 0 Å².